The summed E-state index contributed by atoms with van der Waals surface area (Å²) in [5.41, 5.74) is 2.09. The molecule has 0 radical (unpaired) electrons. The zero-order valence-corrected chi connectivity index (χ0v) is 15.1. The number of rotatable bonds is 2. The quantitative estimate of drug-likeness (QED) is 0.663. The summed E-state index contributed by atoms with van der Waals surface area (Å²) in [5.74, 6) is 0. The Kier molecular flexibility index (Phi) is 4.08. The molecule has 3 aromatic rings. The Balaban J connectivity index is 1.74. The van der Waals surface area contributed by atoms with Crippen LogP contribution in [0.25, 0.3) is 6.08 Å². The molecule has 0 amide bonds. The van der Waals surface area contributed by atoms with Gasteiger partial charge >= 0.3 is 0 Å². The molecule has 0 N–H and O–H groups in total. The van der Waals surface area contributed by atoms with E-state index in [0.717, 1.165) is 20.5 Å². The van der Waals surface area contributed by atoms with Crippen LogP contribution in [0.3, 0.4) is 0 Å². The van der Waals surface area contributed by atoms with Gasteiger partial charge in [0.15, 0.2) is 4.80 Å². The van der Waals surface area contributed by atoms with E-state index >= 15 is 0 Å². The number of fused-ring (bicyclic) bond motifs is 1. The maximum atomic E-state index is 12.7. The van der Waals surface area contributed by atoms with Crippen LogP contribution in [0.4, 0.5) is 5.69 Å². The monoisotopic (exact) mass is 399 g/mol. The summed E-state index contributed by atoms with van der Waals surface area (Å²) in [6, 6.07) is 18.0. The molecule has 2 heterocycles. The highest BCUT2D eigenvalue weighted by molar-refractivity contribution is 9.10. The third-order valence-corrected chi connectivity index (χ3v) is 5.38. The number of halogens is 1. The van der Waals surface area contributed by atoms with Gasteiger partial charge in [-0.25, -0.2) is 4.99 Å². The minimum atomic E-state index is 0.0133. The van der Waals surface area contributed by atoms with Gasteiger partial charge in [0, 0.05) is 10.2 Å². The number of para-hydroxylation sites is 1. The molecular formula is C18H14BrN3OS. The van der Waals surface area contributed by atoms with Gasteiger partial charge in [0.25, 0.3) is 5.56 Å². The van der Waals surface area contributed by atoms with Crippen molar-refractivity contribution < 1.29 is 0 Å². The van der Waals surface area contributed by atoms with E-state index in [2.05, 4.69) is 25.8 Å². The van der Waals surface area contributed by atoms with Gasteiger partial charge in [-0.15, -0.1) is 0 Å². The summed E-state index contributed by atoms with van der Waals surface area (Å²) in [7, 11) is 0. The third kappa shape index (κ3) is 2.95. The van der Waals surface area contributed by atoms with Crippen molar-refractivity contribution in [2.75, 3.05) is 11.6 Å². The normalized spacial score (nSPS) is 14.4. The number of hydrogen-bond acceptors (Lipinski definition) is 4. The highest BCUT2D eigenvalue weighted by Crippen LogP contribution is 2.15. The average Bonchev–Trinajstić information content (AvgIpc) is 2.91. The minimum Gasteiger partial charge on any atom is -0.334 e. The molecule has 2 aromatic carbocycles. The van der Waals surface area contributed by atoms with Crippen LogP contribution in [-0.4, -0.2) is 11.2 Å². The molecule has 1 aromatic heterocycles. The van der Waals surface area contributed by atoms with E-state index in [1.54, 1.807) is 4.57 Å². The van der Waals surface area contributed by atoms with Gasteiger partial charge in [0.05, 0.1) is 4.53 Å². The van der Waals surface area contributed by atoms with Crippen LogP contribution in [0.1, 0.15) is 5.56 Å². The number of thiazole rings is 1. The fraction of sp³-hybridized carbons (Fsp3) is 0.111. The maximum absolute atomic E-state index is 12.7. The fourth-order valence-corrected chi connectivity index (χ4v) is 4.04. The molecular weight excluding hydrogens is 386 g/mol. The Labute approximate surface area is 151 Å². The Bertz CT molecular complexity index is 1060. The molecule has 0 bridgehead atoms. The first-order chi connectivity index (χ1) is 11.7. The van der Waals surface area contributed by atoms with E-state index < -0.39 is 0 Å². The van der Waals surface area contributed by atoms with E-state index in [0.29, 0.717) is 17.9 Å². The van der Waals surface area contributed by atoms with E-state index in [1.165, 1.54) is 11.3 Å². The van der Waals surface area contributed by atoms with Crippen molar-refractivity contribution in [3.05, 3.63) is 84.3 Å². The van der Waals surface area contributed by atoms with Crippen LogP contribution in [0.5, 0.6) is 0 Å². The molecule has 0 spiro atoms. The zero-order chi connectivity index (χ0) is 16.5. The second kappa shape index (κ2) is 6.37. The van der Waals surface area contributed by atoms with Crippen LogP contribution in [0, 0.1) is 0 Å². The SMILES string of the molecule is O=c1c(=Cc2cccc(Br)c2)sc2n1CN(c1ccccc1)CN=2. The van der Waals surface area contributed by atoms with Crippen LogP contribution in [0.15, 0.2) is 68.9 Å². The number of hydrogen-bond donors (Lipinski definition) is 0. The standard InChI is InChI=1S/C18H14BrN3OS/c19-14-6-4-5-13(9-14)10-16-17(23)22-12-21(11-20-18(22)24-16)15-7-2-1-3-8-15/h1-10H,11-12H2. The van der Waals surface area contributed by atoms with Crippen molar-refractivity contribution in [3.8, 4) is 0 Å². The number of benzene rings is 2. The maximum Gasteiger partial charge on any atom is 0.271 e. The lowest BCUT2D eigenvalue weighted by molar-refractivity contribution is 0.569. The first-order valence-electron chi connectivity index (χ1n) is 7.52. The van der Waals surface area contributed by atoms with Gasteiger partial charge in [0.2, 0.25) is 0 Å². The lowest BCUT2D eigenvalue weighted by Gasteiger charge is -2.25. The molecule has 1 aliphatic heterocycles. The lowest BCUT2D eigenvalue weighted by Crippen LogP contribution is -2.42. The number of nitrogens with zero attached hydrogens (tertiary/aromatic N) is 3. The molecule has 0 aliphatic carbocycles. The van der Waals surface area contributed by atoms with Crippen LogP contribution < -0.4 is 19.8 Å². The van der Waals surface area contributed by atoms with Crippen LogP contribution >= 0.6 is 27.3 Å². The Morgan fingerprint density at radius 2 is 1.96 bits per heavy atom. The fourth-order valence-electron chi connectivity index (χ4n) is 2.66. The van der Waals surface area contributed by atoms with Crippen molar-refractivity contribution in [1.82, 2.24) is 4.57 Å². The molecule has 24 heavy (non-hydrogen) atoms. The largest absolute Gasteiger partial charge is 0.334 e. The first kappa shape index (κ1) is 15.4. The van der Waals surface area contributed by atoms with Crippen molar-refractivity contribution >= 4 is 39.0 Å². The third-order valence-electron chi connectivity index (χ3n) is 3.84. The van der Waals surface area contributed by atoms with Crippen molar-refractivity contribution in [2.45, 2.75) is 6.67 Å². The van der Waals surface area contributed by atoms with Crippen molar-refractivity contribution in [3.63, 3.8) is 0 Å². The predicted octanol–water partition coefficient (Wildman–Crippen LogP) is 2.56. The molecule has 6 heteroatoms. The topological polar surface area (TPSA) is 37.6 Å². The Morgan fingerprint density at radius 3 is 2.75 bits per heavy atom. The summed E-state index contributed by atoms with van der Waals surface area (Å²) in [5, 5.41) is 0. The molecule has 1 aliphatic rings. The molecule has 0 atom stereocenters. The van der Waals surface area contributed by atoms with Gasteiger partial charge in [-0.05, 0) is 35.9 Å². The molecule has 0 saturated carbocycles. The minimum absolute atomic E-state index is 0.0133. The number of anilines is 1. The second-order valence-corrected chi connectivity index (χ2v) is 7.42. The molecule has 120 valence electrons. The van der Waals surface area contributed by atoms with Gasteiger partial charge in [-0.3, -0.25) is 9.36 Å². The van der Waals surface area contributed by atoms with Gasteiger partial charge in [-0.2, -0.15) is 0 Å². The van der Waals surface area contributed by atoms with Crippen LogP contribution in [0.2, 0.25) is 0 Å². The summed E-state index contributed by atoms with van der Waals surface area (Å²) in [4.78, 5) is 20.2. The summed E-state index contributed by atoms with van der Waals surface area (Å²) in [6.45, 7) is 1.10. The molecule has 0 unspecified atom stereocenters. The summed E-state index contributed by atoms with van der Waals surface area (Å²) in [6.07, 6.45) is 1.92. The predicted molar refractivity (Wildman–Crippen MR) is 101 cm³/mol. The van der Waals surface area contributed by atoms with Crippen molar-refractivity contribution in [2.24, 2.45) is 4.99 Å². The molecule has 0 fully saturated rings. The second-order valence-electron chi connectivity index (χ2n) is 5.50. The molecule has 4 nitrogen and oxygen atoms in total. The average molecular weight is 400 g/mol. The number of aromatic nitrogens is 1. The smallest absolute Gasteiger partial charge is 0.271 e. The van der Waals surface area contributed by atoms with E-state index in [4.69, 9.17) is 0 Å². The van der Waals surface area contributed by atoms with E-state index in [1.807, 2.05) is 60.7 Å². The van der Waals surface area contributed by atoms with E-state index in [9.17, 15) is 4.79 Å². The van der Waals surface area contributed by atoms with E-state index in [-0.39, 0.29) is 5.56 Å². The summed E-state index contributed by atoms with van der Waals surface area (Å²) < 4.78 is 3.45. The molecule has 4 rings (SSSR count). The first-order valence-corrected chi connectivity index (χ1v) is 9.13. The summed E-state index contributed by atoms with van der Waals surface area (Å²) >= 11 is 4.91. The lowest BCUT2D eigenvalue weighted by atomic mass is 10.2. The van der Waals surface area contributed by atoms with Crippen molar-refractivity contribution in [1.29, 1.82) is 0 Å². The Morgan fingerprint density at radius 1 is 1.12 bits per heavy atom. The highest BCUT2D eigenvalue weighted by Gasteiger charge is 2.15. The molecule has 0 saturated heterocycles. The highest BCUT2D eigenvalue weighted by atomic mass is 79.9. The van der Waals surface area contributed by atoms with Crippen LogP contribution in [-0.2, 0) is 6.67 Å². The zero-order valence-electron chi connectivity index (χ0n) is 12.7. The van der Waals surface area contributed by atoms with Gasteiger partial charge in [-0.1, -0.05) is 57.6 Å². The van der Waals surface area contributed by atoms with Gasteiger partial charge in [0.1, 0.15) is 13.3 Å². The van der Waals surface area contributed by atoms with Gasteiger partial charge < -0.3 is 4.90 Å². The Hall–Kier alpha value is -2.18.